The molecular formula is C31H30FN9O3S. The van der Waals surface area contributed by atoms with Crippen molar-refractivity contribution in [1.82, 2.24) is 44.7 Å². The molecule has 0 aliphatic carbocycles. The number of sulfonamides is 1. The van der Waals surface area contributed by atoms with E-state index in [2.05, 4.69) is 34.8 Å². The molecule has 14 heteroatoms. The van der Waals surface area contributed by atoms with Gasteiger partial charge in [-0.1, -0.05) is 0 Å². The van der Waals surface area contributed by atoms with Crippen LogP contribution in [-0.4, -0.2) is 80.9 Å². The van der Waals surface area contributed by atoms with Gasteiger partial charge in [0.1, 0.15) is 23.7 Å². The number of H-pyrrole nitrogens is 2. The lowest BCUT2D eigenvalue weighted by molar-refractivity contribution is 0.237. The van der Waals surface area contributed by atoms with Gasteiger partial charge in [-0.25, -0.2) is 27.5 Å². The predicted molar refractivity (Wildman–Crippen MR) is 168 cm³/mol. The van der Waals surface area contributed by atoms with E-state index in [1.165, 1.54) is 25.0 Å². The molecule has 1 aliphatic heterocycles. The summed E-state index contributed by atoms with van der Waals surface area (Å²) in [6.45, 7) is 3.69. The fourth-order valence-electron chi connectivity index (χ4n) is 5.54. The Morgan fingerprint density at radius 2 is 1.80 bits per heavy atom. The summed E-state index contributed by atoms with van der Waals surface area (Å²) >= 11 is 0. The average Bonchev–Trinajstić information content (AvgIpc) is 3.79. The topological polar surface area (TPSA) is 155 Å². The van der Waals surface area contributed by atoms with Crippen molar-refractivity contribution in [2.24, 2.45) is 0 Å². The van der Waals surface area contributed by atoms with Crippen molar-refractivity contribution in [2.45, 2.75) is 19.4 Å². The van der Waals surface area contributed by atoms with Gasteiger partial charge in [-0.05, 0) is 73.5 Å². The molecule has 0 radical (unpaired) electrons. The van der Waals surface area contributed by atoms with E-state index in [4.69, 9.17) is 14.7 Å². The van der Waals surface area contributed by atoms with Crippen LogP contribution in [-0.2, 0) is 16.6 Å². The molecule has 7 rings (SSSR count). The average molecular weight is 628 g/mol. The van der Waals surface area contributed by atoms with Crippen molar-refractivity contribution < 1.29 is 17.5 Å². The van der Waals surface area contributed by atoms with E-state index >= 15 is 0 Å². The largest absolute Gasteiger partial charge is 0.491 e. The van der Waals surface area contributed by atoms with Crippen LogP contribution in [0.2, 0.25) is 0 Å². The molecule has 230 valence electrons. The van der Waals surface area contributed by atoms with Gasteiger partial charge in [0.25, 0.3) is 0 Å². The maximum atomic E-state index is 14.6. The van der Waals surface area contributed by atoms with Gasteiger partial charge in [0.05, 0.1) is 40.9 Å². The smallest absolute Gasteiger partial charge is 0.209 e. The number of ether oxygens (including phenoxy) is 1. The van der Waals surface area contributed by atoms with Gasteiger partial charge in [-0.3, -0.25) is 20.0 Å². The standard InChI is InChI=1S/C31H30FN9O3S/c1-45(42,43)35-14-19-10-20(12-22(32)11-19)24-17-34-18-27-28(24)38-31(37-27)30-29-26(39-40-30)5-4-25(36-29)21-13-23(16-33-15-21)44-9-8-41-6-2-3-7-41/h4-5,10-13,15-18,35H,2-3,6-9,14H2,1H3,(H,37,38)(H,39,40). The molecule has 1 aliphatic rings. The maximum absolute atomic E-state index is 14.6. The van der Waals surface area contributed by atoms with Crippen LogP contribution in [0.1, 0.15) is 18.4 Å². The molecule has 45 heavy (non-hydrogen) atoms. The summed E-state index contributed by atoms with van der Waals surface area (Å²) in [4.78, 5) is 24.1. The summed E-state index contributed by atoms with van der Waals surface area (Å²) in [6.07, 6.45) is 10.2. The Hall–Kier alpha value is -4.79. The van der Waals surface area contributed by atoms with Gasteiger partial charge < -0.3 is 9.72 Å². The van der Waals surface area contributed by atoms with Crippen LogP contribution >= 0.6 is 0 Å². The van der Waals surface area contributed by atoms with Crippen LogP contribution < -0.4 is 9.46 Å². The van der Waals surface area contributed by atoms with E-state index in [9.17, 15) is 12.8 Å². The normalized spacial score (nSPS) is 14.1. The molecule has 5 aromatic heterocycles. The first kappa shape index (κ1) is 29.0. The molecule has 1 saturated heterocycles. The van der Waals surface area contributed by atoms with Crippen molar-refractivity contribution in [3.05, 3.63) is 72.6 Å². The fourth-order valence-corrected chi connectivity index (χ4v) is 5.97. The highest BCUT2D eigenvalue weighted by molar-refractivity contribution is 7.88. The number of benzene rings is 1. The second-order valence-corrected chi connectivity index (χ2v) is 12.9. The molecule has 0 spiro atoms. The van der Waals surface area contributed by atoms with E-state index in [0.29, 0.717) is 62.8 Å². The first-order valence-electron chi connectivity index (χ1n) is 14.5. The molecule has 0 amide bonds. The van der Waals surface area contributed by atoms with Crippen molar-refractivity contribution in [2.75, 3.05) is 32.5 Å². The number of imidazole rings is 1. The number of halogens is 1. The van der Waals surface area contributed by atoms with Crippen molar-refractivity contribution in [3.8, 4) is 39.7 Å². The lowest BCUT2D eigenvalue weighted by Crippen LogP contribution is -2.25. The number of aromatic nitrogens is 7. The van der Waals surface area contributed by atoms with Crippen LogP contribution in [0.3, 0.4) is 0 Å². The van der Waals surface area contributed by atoms with Gasteiger partial charge in [0.15, 0.2) is 11.5 Å². The van der Waals surface area contributed by atoms with Gasteiger partial charge in [0, 0.05) is 36.6 Å². The summed E-state index contributed by atoms with van der Waals surface area (Å²) in [6, 6.07) is 10.1. The number of aromatic amines is 2. The van der Waals surface area contributed by atoms with Crippen LogP contribution in [0.15, 0.2) is 61.2 Å². The third-order valence-electron chi connectivity index (χ3n) is 7.72. The molecule has 12 nitrogen and oxygen atoms in total. The Morgan fingerprint density at radius 1 is 0.956 bits per heavy atom. The molecule has 1 aromatic carbocycles. The Balaban J connectivity index is 1.19. The molecule has 6 aromatic rings. The molecule has 3 N–H and O–H groups in total. The zero-order valence-electron chi connectivity index (χ0n) is 24.4. The number of nitrogens with one attached hydrogen (secondary N) is 3. The summed E-state index contributed by atoms with van der Waals surface area (Å²) in [5.41, 5.74) is 6.11. The third kappa shape index (κ3) is 6.38. The first-order chi connectivity index (χ1) is 21.8. The molecule has 0 saturated carbocycles. The van der Waals surface area contributed by atoms with Gasteiger partial charge in [0.2, 0.25) is 10.0 Å². The number of nitrogens with zero attached hydrogens (tertiary/aromatic N) is 6. The van der Waals surface area contributed by atoms with Gasteiger partial charge >= 0.3 is 0 Å². The lowest BCUT2D eigenvalue weighted by Gasteiger charge is -2.15. The van der Waals surface area contributed by atoms with E-state index in [0.717, 1.165) is 37.0 Å². The quantitative estimate of drug-likeness (QED) is 0.202. The van der Waals surface area contributed by atoms with E-state index in [1.807, 2.05) is 18.2 Å². The minimum atomic E-state index is -3.45. The number of pyridine rings is 3. The van der Waals surface area contributed by atoms with E-state index < -0.39 is 15.8 Å². The number of hydrogen-bond donors (Lipinski definition) is 3. The Labute approximate surface area is 258 Å². The minimum absolute atomic E-state index is 0.0464. The van der Waals surface area contributed by atoms with E-state index in [-0.39, 0.29) is 6.54 Å². The minimum Gasteiger partial charge on any atom is -0.491 e. The molecule has 0 unspecified atom stereocenters. The zero-order chi connectivity index (χ0) is 31.0. The number of likely N-dealkylation sites (tertiary alicyclic amines) is 1. The summed E-state index contributed by atoms with van der Waals surface area (Å²) in [5.74, 6) is 0.643. The molecule has 0 bridgehead atoms. The second kappa shape index (κ2) is 12.0. The zero-order valence-corrected chi connectivity index (χ0v) is 25.2. The van der Waals surface area contributed by atoms with Gasteiger partial charge in [-0.2, -0.15) is 5.10 Å². The third-order valence-corrected chi connectivity index (χ3v) is 8.39. The van der Waals surface area contributed by atoms with Crippen LogP contribution in [0.5, 0.6) is 5.75 Å². The molecule has 6 heterocycles. The Kier molecular flexibility index (Phi) is 7.69. The molecule has 0 atom stereocenters. The summed E-state index contributed by atoms with van der Waals surface area (Å²) in [5, 5.41) is 7.52. The van der Waals surface area contributed by atoms with Crippen LogP contribution in [0, 0.1) is 5.82 Å². The molecular weight excluding hydrogens is 597 g/mol. The number of rotatable bonds is 10. The Morgan fingerprint density at radius 3 is 2.64 bits per heavy atom. The number of fused-ring (bicyclic) bond motifs is 2. The lowest BCUT2D eigenvalue weighted by atomic mass is 10.0. The maximum Gasteiger partial charge on any atom is 0.209 e. The van der Waals surface area contributed by atoms with Crippen LogP contribution in [0.25, 0.3) is 56.0 Å². The monoisotopic (exact) mass is 627 g/mol. The van der Waals surface area contributed by atoms with Gasteiger partial charge in [-0.15, -0.1) is 0 Å². The summed E-state index contributed by atoms with van der Waals surface area (Å²) < 4.78 is 46.1. The fraction of sp³-hybridized carbons (Fsp3) is 0.258. The predicted octanol–water partition coefficient (Wildman–Crippen LogP) is 4.29. The molecule has 1 fully saturated rings. The van der Waals surface area contributed by atoms with Crippen molar-refractivity contribution in [1.29, 1.82) is 0 Å². The Bertz CT molecular complexity index is 2120. The number of hydrogen-bond acceptors (Lipinski definition) is 9. The highest BCUT2D eigenvalue weighted by Gasteiger charge is 2.18. The first-order valence-corrected chi connectivity index (χ1v) is 16.4. The van der Waals surface area contributed by atoms with E-state index in [1.54, 1.807) is 30.9 Å². The highest BCUT2D eigenvalue weighted by atomic mass is 32.2. The summed E-state index contributed by atoms with van der Waals surface area (Å²) in [7, 11) is -3.45. The van der Waals surface area contributed by atoms with Crippen LogP contribution in [0.4, 0.5) is 4.39 Å². The van der Waals surface area contributed by atoms with Crippen molar-refractivity contribution in [3.63, 3.8) is 0 Å². The second-order valence-electron chi connectivity index (χ2n) is 11.1. The van der Waals surface area contributed by atoms with Crippen molar-refractivity contribution >= 4 is 32.1 Å². The SMILES string of the molecule is CS(=O)(=O)NCc1cc(F)cc(-c2cncc3[nH]c(-c4n[nH]c5ccc(-c6cncc(OCCN7CCCC7)c6)nc45)nc23)c1. The highest BCUT2D eigenvalue weighted by Crippen LogP contribution is 2.32.